The molecule has 8 heteroatoms. The normalized spacial score (nSPS) is 15.1. The Morgan fingerprint density at radius 1 is 1.14 bits per heavy atom. The Hall–Kier alpha value is -2.93. The molecule has 5 rings (SSSR count). The molecule has 0 saturated carbocycles. The highest BCUT2D eigenvalue weighted by molar-refractivity contribution is 7.17. The lowest BCUT2D eigenvalue weighted by atomic mass is 9.88. The molecule has 4 aromatic rings. The quantitative estimate of drug-likeness (QED) is 0.300. The van der Waals surface area contributed by atoms with Crippen LogP contribution in [0.15, 0.2) is 42.5 Å². The van der Waals surface area contributed by atoms with Crippen LogP contribution in [0.1, 0.15) is 50.1 Å². The molecular weight excluding hydrogens is 501 g/mol. The van der Waals surface area contributed by atoms with Gasteiger partial charge in [0.2, 0.25) is 0 Å². The van der Waals surface area contributed by atoms with E-state index in [4.69, 9.17) is 33.9 Å². The molecule has 3 N–H and O–H groups in total. The number of amides is 2. The SMILES string of the molecule is Cc1c(-c2ccc(Cl)cc2Cl)nc2ccccc2c1C(=O)Nc1sc2c(c1C(N)=O)CCC(C)C2. The molecular formula is C27H23Cl2N3O2S. The van der Waals surface area contributed by atoms with Crippen molar-refractivity contribution in [3.63, 3.8) is 0 Å². The van der Waals surface area contributed by atoms with Crippen molar-refractivity contribution in [3.8, 4) is 11.3 Å². The topological polar surface area (TPSA) is 85.1 Å². The van der Waals surface area contributed by atoms with Gasteiger partial charge in [-0.25, -0.2) is 4.98 Å². The molecule has 178 valence electrons. The van der Waals surface area contributed by atoms with Gasteiger partial charge in [0.05, 0.1) is 27.4 Å². The van der Waals surface area contributed by atoms with Crippen molar-refractivity contribution in [1.82, 2.24) is 4.98 Å². The van der Waals surface area contributed by atoms with Gasteiger partial charge in [-0.15, -0.1) is 11.3 Å². The highest BCUT2D eigenvalue weighted by atomic mass is 35.5. The van der Waals surface area contributed by atoms with E-state index in [9.17, 15) is 9.59 Å². The number of nitrogens with zero attached hydrogens (tertiary/aromatic N) is 1. The third kappa shape index (κ3) is 4.31. The lowest BCUT2D eigenvalue weighted by Crippen LogP contribution is -2.20. The van der Waals surface area contributed by atoms with E-state index in [1.807, 2.05) is 31.2 Å². The van der Waals surface area contributed by atoms with Crippen LogP contribution < -0.4 is 11.1 Å². The molecule has 2 heterocycles. The van der Waals surface area contributed by atoms with Crippen LogP contribution in [0, 0.1) is 12.8 Å². The Bertz CT molecular complexity index is 1510. The third-order valence-electron chi connectivity index (χ3n) is 6.53. The summed E-state index contributed by atoms with van der Waals surface area (Å²) in [4.78, 5) is 32.1. The van der Waals surface area contributed by atoms with Gasteiger partial charge in [-0.05, 0) is 67.5 Å². The number of carbonyl (C=O) groups is 2. The summed E-state index contributed by atoms with van der Waals surface area (Å²) in [6.45, 7) is 4.05. The molecule has 35 heavy (non-hydrogen) atoms. The van der Waals surface area contributed by atoms with Crippen molar-refractivity contribution < 1.29 is 9.59 Å². The van der Waals surface area contributed by atoms with Crippen molar-refractivity contribution in [3.05, 3.63) is 79.6 Å². The molecule has 0 aliphatic heterocycles. The second kappa shape index (κ2) is 9.26. The first-order chi connectivity index (χ1) is 16.7. The number of nitrogens with two attached hydrogens (primary N) is 1. The summed E-state index contributed by atoms with van der Waals surface area (Å²) in [5.41, 5.74) is 10.3. The van der Waals surface area contributed by atoms with Crippen LogP contribution in [-0.2, 0) is 12.8 Å². The number of para-hydroxylation sites is 1. The predicted molar refractivity (Wildman–Crippen MR) is 144 cm³/mol. The van der Waals surface area contributed by atoms with Crippen LogP contribution in [0.25, 0.3) is 22.2 Å². The van der Waals surface area contributed by atoms with E-state index in [0.29, 0.717) is 59.8 Å². The first-order valence-electron chi connectivity index (χ1n) is 11.3. The molecule has 1 atom stereocenters. The summed E-state index contributed by atoms with van der Waals surface area (Å²) >= 11 is 14.0. The van der Waals surface area contributed by atoms with Gasteiger partial charge >= 0.3 is 0 Å². The molecule has 0 saturated heterocycles. The summed E-state index contributed by atoms with van der Waals surface area (Å²) in [5.74, 6) is -0.303. The van der Waals surface area contributed by atoms with Gasteiger partial charge < -0.3 is 11.1 Å². The van der Waals surface area contributed by atoms with E-state index in [2.05, 4.69) is 12.2 Å². The van der Waals surface area contributed by atoms with Gasteiger partial charge in [0.15, 0.2) is 0 Å². The minimum Gasteiger partial charge on any atom is -0.365 e. The average Bonchev–Trinajstić information content (AvgIpc) is 3.15. The number of hydrogen-bond acceptors (Lipinski definition) is 4. The maximum Gasteiger partial charge on any atom is 0.257 e. The molecule has 0 bridgehead atoms. The van der Waals surface area contributed by atoms with Crippen LogP contribution >= 0.6 is 34.5 Å². The highest BCUT2D eigenvalue weighted by Crippen LogP contribution is 2.40. The Balaban J connectivity index is 1.65. The third-order valence-corrected chi connectivity index (χ3v) is 8.25. The number of anilines is 1. The number of aromatic nitrogens is 1. The first-order valence-corrected chi connectivity index (χ1v) is 12.9. The number of pyridine rings is 1. The minimum absolute atomic E-state index is 0.318. The Kier molecular flexibility index (Phi) is 6.30. The van der Waals surface area contributed by atoms with Gasteiger partial charge in [0.1, 0.15) is 5.00 Å². The number of fused-ring (bicyclic) bond motifs is 2. The van der Waals surface area contributed by atoms with Crippen LogP contribution in [-0.4, -0.2) is 16.8 Å². The van der Waals surface area contributed by atoms with Gasteiger partial charge in [-0.2, -0.15) is 0 Å². The van der Waals surface area contributed by atoms with Gasteiger partial charge in [-0.1, -0.05) is 48.3 Å². The van der Waals surface area contributed by atoms with Gasteiger partial charge in [-0.3, -0.25) is 9.59 Å². The first kappa shape index (κ1) is 23.8. The van der Waals surface area contributed by atoms with Crippen LogP contribution in [0.4, 0.5) is 5.00 Å². The van der Waals surface area contributed by atoms with Crippen LogP contribution in [0.3, 0.4) is 0 Å². The zero-order valence-corrected chi connectivity index (χ0v) is 21.6. The van der Waals surface area contributed by atoms with E-state index >= 15 is 0 Å². The monoisotopic (exact) mass is 523 g/mol. The summed E-state index contributed by atoms with van der Waals surface area (Å²) in [7, 11) is 0. The number of nitrogens with one attached hydrogen (secondary N) is 1. The summed E-state index contributed by atoms with van der Waals surface area (Å²) < 4.78 is 0. The number of carbonyl (C=O) groups excluding carboxylic acids is 2. The number of hydrogen-bond donors (Lipinski definition) is 2. The lowest BCUT2D eigenvalue weighted by molar-refractivity contribution is 0.1000. The summed E-state index contributed by atoms with van der Waals surface area (Å²) in [6.07, 6.45) is 2.67. The standard InChI is InChI=1S/C27H23Cl2N3O2S/c1-13-7-9-18-21(11-13)35-27(23(18)25(30)33)32-26(34)22-14(2)24(16-10-8-15(28)12-19(16)29)31-20-6-4-3-5-17(20)22/h3-6,8,10,12-13H,7,9,11H2,1-2H3,(H2,30,33)(H,32,34). The van der Waals surface area contributed by atoms with Crippen LogP contribution in [0.2, 0.25) is 10.0 Å². The molecule has 0 fully saturated rings. The number of benzene rings is 2. The predicted octanol–water partition coefficient (Wildman–Crippen LogP) is 7.05. The number of rotatable bonds is 4. The lowest BCUT2D eigenvalue weighted by Gasteiger charge is -2.18. The second-order valence-corrected chi connectivity index (χ2v) is 10.9. The summed E-state index contributed by atoms with van der Waals surface area (Å²) in [5, 5.41) is 5.20. The molecule has 1 aliphatic rings. The molecule has 0 radical (unpaired) electrons. The van der Waals surface area contributed by atoms with E-state index < -0.39 is 5.91 Å². The number of primary amides is 1. The van der Waals surface area contributed by atoms with Gasteiger partial charge in [0, 0.05) is 20.8 Å². The maximum absolute atomic E-state index is 13.8. The van der Waals surface area contributed by atoms with E-state index in [0.717, 1.165) is 29.7 Å². The Labute approximate surface area is 217 Å². The maximum atomic E-state index is 13.8. The molecule has 0 spiro atoms. The van der Waals surface area contributed by atoms with Gasteiger partial charge in [0.25, 0.3) is 11.8 Å². The fourth-order valence-electron chi connectivity index (χ4n) is 4.81. The van der Waals surface area contributed by atoms with Crippen molar-refractivity contribution in [1.29, 1.82) is 0 Å². The van der Waals surface area contributed by atoms with Crippen molar-refractivity contribution in [2.45, 2.75) is 33.1 Å². The molecule has 1 aliphatic carbocycles. The highest BCUT2D eigenvalue weighted by Gasteiger charge is 2.28. The average molecular weight is 524 g/mol. The van der Waals surface area contributed by atoms with Crippen molar-refractivity contribution in [2.24, 2.45) is 11.7 Å². The smallest absolute Gasteiger partial charge is 0.257 e. The molecule has 2 amide bonds. The zero-order chi connectivity index (χ0) is 24.9. The van der Waals surface area contributed by atoms with E-state index in [1.54, 1.807) is 18.2 Å². The fourth-order valence-corrected chi connectivity index (χ4v) is 6.72. The fraction of sp³-hybridized carbons (Fsp3) is 0.222. The Morgan fingerprint density at radius 2 is 1.91 bits per heavy atom. The number of thiophene rings is 1. The largest absolute Gasteiger partial charge is 0.365 e. The molecule has 5 nitrogen and oxygen atoms in total. The summed E-state index contributed by atoms with van der Waals surface area (Å²) in [6, 6.07) is 12.7. The van der Waals surface area contributed by atoms with E-state index in [1.165, 1.54) is 11.3 Å². The van der Waals surface area contributed by atoms with Crippen LogP contribution in [0.5, 0.6) is 0 Å². The second-order valence-electron chi connectivity index (χ2n) is 8.98. The molecule has 1 unspecified atom stereocenters. The Morgan fingerprint density at radius 3 is 2.66 bits per heavy atom. The molecule has 2 aromatic heterocycles. The minimum atomic E-state index is -0.516. The van der Waals surface area contributed by atoms with E-state index in [-0.39, 0.29) is 5.91 Å². The van der Waals surface area contributed by atoms with Crippen molar-refractivity contribution in [2.75, 3.05) is 5.32 Å². The zero-order valence-electron chi connectivity index (χ0n) is 19.2. The molecule has 2 aromatic carbocycles. The number of halogens is 2. The van der Waals surface area contributed by atoms with Crippen molar-refractivity contribution >= 4 is 62.3 Å².